The van der Waals surface area contributed by atoms with Gasteiger partial charge in [-0.25, -0.2) is 0 Å². The Kier molecular flexibility index (Phi) is 10.8. The highest BCUT2D eigenvalue weighted by molar-refractivity contribution is 6.01. The second kappa shape index (κ2) is 15.0. The maximum Gasteiger partial charge on any atom is 0.251 e. The fourth-order valence-electron chi connectivity index (χ4n) is 4.76. The van der Waals surface area contributed by atoms with Gasteiger partial charge in [0.1, 0.15) is 6.04 Å². The molecule has 0 bridgehead atoms. The molecular formula is C32H39N5O3. The molecule has 0 aliphatic heterocycles. The van der Waals surface area contributed by atoms with Crippen molar-refractivity contribution in [2.45, 2.75) is 50.2 Å². The van der Waals surface area contributed by atoms with E-state index in [1.165, 1.54) is 11.6 Å². The standard InChI is InChI=1S/C32H39N5O3/c33-17-19-35-30(38)25-14-9-15-26(20-25)31(39)37-28(32(40)36-22-23-10-3-1-4-11-23)16-7-8-18-34-29-21-27(29)24-12-5-2-6-13-24/h1-6,9-15,20,27-29,34H,7-8,16-19,21-22,33H2,(H,35,38)(H,36,40)(H,37,39)/t27-,28-,29+/m0/s1. The van der Waals surface area contributed by atoms with Crippen LogP contribution in [0, 0.1) is 0 Å². The fraction of sp³-hybridized carbons (Fsp3) is 0.344. The third kappa shape index (κ3) is 8.76. The predicted molar refractivity (Wildman–Crippen MR) is 157 cm³/mol. The Morgan fingerprint density at radius 1 is 0.800 bits per heavy atom. The third-order valence-corrected chi connectivity index (χ3v) is 7.09. The first-order chi connectivity index (χ1) is 19.5. The fourth-order valence-corrected chi connectivity index (χ4v) is 4.76. The van der Waals surface area contributed by atoms with Gasteiger partial charge in [-0.05, 0) is 61.6 Å². The zero-order chi connectivity index (χ0) is 28.2. The lowest BCUT2D eigenvalue weighted by molar-refractivity contribution is -0.123. The molecule has 0 spiro atoms. The lowest BCUT2D eigenvalue weighted by atomic mass is 10.1. The van der Waals surface area contributed by atoms with Crippen molar-refractivity contribution in [2.24, 2.45) is 5.73 Å². The van der Waals surface area contributed by atoms with Crippen LogP contribution in [0.3, 0.4) is 0 Å². The highest BCUT2D eigenvalue weighted by atomic mass is 16.2. The van der Waals surface area contributed by atoms with E-state index < -0.39 is 11.9 Å². The Morgan fingerprint density at radius 2 is 1.50 bits per heavy atom. The average molecular weight is 542 g/mol. The third-order valence-electron chi connectivity index (χ3n) is 7.09. The van der Waals surface area contributed by atoms with Gasteiger partial charge >= 0.3 is 0 Å². The molecule has 1 aliphatic rings. The molecule has 0 radical (unpaired) electrons. The topological polar surface area (TPSA) is 125 Å². The first-order valence-corrected chi connectivity index (χ1v) is 14.0. The monoisotopic (exact) mass is 541 g/mol. The molecule has 0 heterocycles. The molecule has 210 valence electrons. The number of hydrogen-bond donors (Lipinski definition) is 5. The number of carbonyl (C=O) groups excluding carboxylic acids is 3. The molecule has 1 saturated carbocycles. The molecule has 1 fully saturated rings. The smallest absolute Gasteiger partial charge is 0.251 e. The summed E-state index contributed by atoms with van der Waals surface area (Å²) in [6.07, 6.45) is 3.33. The van der Waals surface area contributed by atoms with Gasteiger partial charge in [-0.3, -0.25) is 14.4 Å². The summed E-state index contributed by atoms with van der Waals surface area (Å²) in [7, 11) is 0. The summed E-state index contributed by atoms with van der Waals surface area (Å²) in [5, 5.41) is 12.2. The van der Waals surface area contributed by atoms with E-state index in [1.54, 1.807) is 18.2 Å². The van der Waals surface area contributed by atoms with E-state index >= 15 is 0 Å². The number of carbonyl (C=O) groups is 3. The Balaban J connectivity index is 1.30. The molecule has 0 saturated heterocycles. The molecule has 0 aromatic heterocycles. The van der Waals surface area contributed by atoms with Gasteiger partial charge in [0.15, 0.2) is 0 Å². The van der Waals surface area contributed by atoms with Crippen LogP contribution in [0.15, 0.2) is 84.9 Å². The summed E-state index contributed by atoms with van der Waals surface area (Å²) in [6, 6.07) is 26.5. The number of amides is 3. The van der Waals surface area contributed by atoms with Gasteiger partial charge < -0.3 is 27.0 Å². The van der Waals surface area contributed by atoms with E-state index in [4.69, 9.17) is 5.73 Å². The van der Waals surface area contributed by atoms with E-state index in [0.717, 1.165) is 31.4 Å². The van der Waals surface area contributed by atoms with Crippen molar-refractivity contribution in [3.05, 3.63) is 107 Å². The molecule has 3 aromatic rings. The Bertz CT molecular complexity index is 1250. The zero-order valence-electron chi connectivity index (χ0n) is 22.8. The molecule has 3 amide bonds. The second-order valence-electron chi connectivity index (χ2n) is 10.2. The predicted octanol–water partition coefficient (Wildman–Crippen LogP) is 3.11. The van der Waals surface area contributed by atoms with Crippen LogP contribution in [0.5, 0.6) is 0 Å². The van der Waals surface area contributed by atoms with Crippen molar-refractivity contribution in [3.63, 3.8) is 0 Å². The summed E-state index contributed by atoms with van der Waals surface area (Å²) in [5.74, 6) is -0.344. The minimum absolute atomic E-state index is 0.228. The highest BCUT2D eigenvalue weighted by Gasteiger charge is 2.37. The summed E-state index contributed by atoms with van der Waals surface area (Å²) >= 11 is 0. The summed E-state index contributed by atoms with van der Waals surface area (Å²) < 4.78 is 0. The number of benzene rings is 3. The Morgan fingerprint density at radius 3 is 2.23 bits per heavy atom. The quantitative estimate of drug-likeness (QED) is 0.189. The maximum absolute atomic E-state index is 13.1. The van der Waals surface area contributed by atoms with Crippen LogP contribution in [0.2, 0.25) is 0 Å². The van der Waals surface area contributed by atoms with Crippen molar-refractivity contribution in [1.29, 1.82) is 0 Å². The normalized spacial score (nSPS) is 16.5. The van der Waals surface area contributed by atoms with Crippen molar-refractivity contribution < 1.29 is 14.4 Å². The number of hydrogen-bond acceptors (Lipinski definition) is 5. The zero-order valence-corrected chi connectivity index (χ0v) is 22.8. The van der Waals surface area contributed by atoms with Gasteiger partial charge in [-0.2, -0.15) is 0 Å². The first-order valence-electron chi connectivity index (χ1n) is 14.0. The van der Waals surface area contributed by atoms with E-state index in [-0.39, 0.29) is 11.8 Å². The van der Waals surface area contributed by atoms with Gasteiger partial charge in [0, 0.05) is 42.7 Å². The number of unbranched alkanes of at least 4 members (excludes halogenated alkanes) is 1. The second-order valence-corrected chi connectivity index (χ2v) is 10.2. The average Bonchev–Trinajstić information content (AvgIpc) is 3.78. The minimum Gasteiger partial charge on any atom is -0.351 e. The summed E-state index contributed by atoms with van der Waals surface area (Å²) in [5.41, 5.74) is 8.51. The van der Waals surface area contributed by atoms with Gasteiger partial charge in [0.2, 0.25) is 5.91 Å². The van der Waals surface area contributed by atoms with Crippen molar-refractivity contribution in [1.82, 2.24) is 21.3 Å². The molecule has 3 atom stereocenters. The van der Waals surface area contributed by atoms with Crippen LogP contribution in [0.25, 0.3) is 0 Å². The minimum atomic E-state index is -0.691. The number of nitrogens with two attached hydrogens (primary N) is 1. The van der Waals surface area contributed by atoms with Gasteiger partial charge in [-0.15, -0.1) is 0 Å². The molecule has 6 N–H and O–H groups in total. The van der Waals surface area contributed by atoms with Gasteiger partial charge in [0.25, 0.3) is 11.8 Å². The molecular weight excluding hydrogens is 502 g/mol. The lowest BCUT2D eigenvalue weighted by Crippen LogP contribution is -2.46. The van der Waals surface area contributed by atoms with Crippen molar-refractivity contribution >= 4 is 17.7 Å². The maximum atomic E-state index is 13.1. The van der Waals surface area contributed by atoms with Crippen molar-refractivity contribution in [3.8, 4) is 0 Å². The van der Waals surface area contributed by atoms with Crippen LogP contribution in [0.1, 0.15) is 63.4 Å². The Labute approximate surface area is 236 Å². The van der Waals surface area contributed by atoms with Gasteiger partial charge in [-0.1, -0.05) is 66.7 Å². The number of rotatable bonds is 15. The van der Waals surface area contributed by atoms with Crippen LogP contribution in [-0.4, -0.2) is 49.4 Å². The van der Waals surface area contributed by atoms with E-state index in [1.807, 2.05) is 36.4 Å². The summed E-state index contributed by atoms with van der Waals surface area (Å²) in [4.78, 5) is 38.6. The molecule has 1 aliphatic carbocycles. The lowest BCUT2D eigenvalue weighted by Gasteiger charge is -2.19. The van der Waals surface area contributed by atoms with E-state index in [9.17, 15) is 14.4 Å². The van der Waals surface area contributed by atoms with Crippen LogP contribution >= 0.6 is 0 Å². The number of nitrogens with one attached hydrogen (secondary N) is 4. The van der Waals surface area contributed by atoms with Crippen LogP contribution in [0.4, 0.5) is 0 Å². The van der Waals surface area contributed by atoms with Gasteiger partial charge in [0.05, 0.1) is 0 Å². The largest absolute Gasteiger partial charge is 0.351 e. The molecule has 8 nitrogen and oxygen atoms in total. The molecule has 8 heteroatoms. The molecule has 4 rings (SSSR count). The summed E-state index contributed by atoms with van der Waals surface area (Å²) in [6.45, 7) is 1.92. The first kappa shape index (κ1) is 29.0. The van der Waals surface area contributed by atoms with Crippen LogP contribution < -0.4 is 27.0 Å². The van der Waals surface area contributed by atoms with Crippen LogP contribution in [-0.2, 0) is 11.3 Å². The molecule has 0 unspecified atom stereocenters. The highest BCUT2D eigenvalue weighted by Crippen LogP contribution is 2.40. The van der Waals surface area contributed by atoms with Crippen molar-refractivity contribution in [2.75, 3.05) is 19.6 Å². The SMILES string of the molecule is NCCNC(=O)c1cccc(C(=O)N[C@@H](CCCCN[C@@H]2C[C@H]2c2ccccc2)C(=O)NCc2ccccc2)c1. The molecule has 3 aromatic carbocycles. The molecule has 40 heavy (non-hydrogen) atoms. The Hall–Kier alpha value is -4.01. The van der Waals surface area contributed by atoms with E-state index in [2.05, 4.69) is 45.5 Å². The van der Waals surface area contributed by atoms with E-state index in [0.29, 0.717) is 49.1 Å².